The van der Waals surface area contributed by atoms with Crippen LogP contribution in [0.15, 0.2) is 24.4 Å². The van der Waals surface area contributed by atoms with E-state index in [9.17, 15) is 4.79 Å². The summed E-state index contributed by atoms with van der Waals surface area (Å²) in [4.78, 5) is 15.5. The highest BCUT2D eigenvalue weighted by Crippen LogP contribution is 2.20. The molecular weight excluding hydrogens is 192 g/mol. The van der Waals surface area contributed by atoms with Crippen LogP contribution in [0.2, 0.25) is 0 Å². The van der Waals surface area contributed by atoms with E-state index in [4.69, 9.17) is 5.11 Å². The van der Waals surface area contributed by atoms with Crippen molar-refractivity contribution < 1.29 is 9.90 Å². The number of imidazole rings is 1. The predicted octanol–water partition coefficient (Wildman–Crippen LogP) is 2.16. The number of carboxylic acids is 1. The molecule has 0 atom stereocenters. The van der Waals surface area contributed by atoms with Gasteiger partial charge in [-0.15, -0.1) is 0 Å². The first-order valence-corrected chi connectivity index (χ1v) is 4.81. The van der Waals surface area contributed by atoms with Crippen molar-refractivity contribution in [3.05, 3.63) is 35.8 Å². The van der Waals surface area contributed by atoms with Crippen LogP contribution in [0.3, 0.4) is 0 Å². The molecule has 0 bridgehead atoms. The summed E-state index contributed by atoms with van der Waals surface area (Å²) in [5.41, 5.74) is 1.58. The second-order valence-corrected chi connectivity index (χ2v) is 3.73. The predicted molar refractivity (Wildman–Crippen MR) is 56.2 cm³/mol. The quantitative estimate of drug-likeness (QED) is 0.815. The summed E-state index contributed by atoms with van der Waals surface area (Å²) in [5, 5.41) is 9.14. The van der Waals surface area contributed by atoms with Crippen molar-refractivity contribution in [2.45, 2.75) is 19.8 Å². The Morgan fingerprint density at radius 1 is 1.47 bits per heavy atom. The van der Waals surface area contributed by atoms with Gasteiger partial charge in [0.1, 0.15) is 5.65 Å². The van der Waals surface area contributed by atoms with Crippen LogP contribution in [-0.4, -0.2) is 20.5 Å². The first-order valence-electron chi connectivity index (χ1n) is 4.81. The highest BCUT2D eigenvalue weighted by molar-refractivity contribution is 5.88. The molecule has 0 spiro atoms. The van der Waals surface area contributed by atoms with Crippen molar-refractivity contribution in [1.29, 1.82) is 0 Å². The van der Waals surface area contributed by atoms with Crippen molar-refractivity contribution >= 4 is 11.6 Å². The molecule has 2 aromatic rings. The number of hydrogen-bond acceptors (Lipinski definition) is 2. The Morgan fingerprint density at radius 2 is 2.20 bits per heavy atom. The molecule has 2 aromatic heterocycles. The van der Waals surface area contributed by atoms with Crippen molar-refractivity contribution in [2.24, 2.45) is 0 Å². The molecule has 0 aromatic carbocycles. The summed E-state index contributed by atoms with van der Waals surface area (Å²) < 4.78 is 1.61. The molecule has 0 aliphatic heterocycles. The van der Waals surface area contributed by atoms with E-state index in [1.165, 1.54) is 0 Å². The number of pyridine rings is 1. The van der Waals surface area contributed by atoms with Gasteiger partial charge < -0.3 is 5.11 Å². The monoisotopic (exact) mass is 204 g/mol. The van der Waals surface area contributed by atoms with Gasteiger partial charge in [0.2, 0.25) is 0 Å². The van der Waals surface area contributed by atoms with Gasteiger partial charge in [0.25, 0.3) is 0 Å². The zero-order valence-corrected chi connectivity index (χ0v) is 8.64. The Labute approximate surface area is 87.2 Å². The second kappa shape index (κ2) is 3.38. The summed E-state index contributed by atoms with van der Waals surface area (Å²) in [6, 6.07) is 5.45. The van der Waals surface area contributed by atoms with Crippen LogP contribution in [-0.2, 0) is 0 Å². The molecule has 0 aliphatic rings. The third kappa shape index (κ3) is 1.48. The van der Waals surface area contributed by atoms with Gasteiger partial charge in [-0.05, 0) is 18.1 Å². The number of aromatic carboxylic acids is 1. The Hall–Kier alpha value is -1.84. The van der Waals surface area contributed by atoms with Crippen LogP contribution < -0.4 is 0 Å². The fraction of sp³-hybridized carbons (Fsp3) is 0.273. The van der Waals surface area contributed by atoms with Crippen LogP contribution in [0.5, 0.6) is 0 Å². The van der Waals surface area contributed by atoms with E-state index in [1.54, 1.807) is 22.7 Å². The molecule has 0 unspecified atom stereocenters. The largest absolute Gasteiger partial charge is 0.477 e. The highest BCUT2D eigenvalue weighted by atomic mass is 16.4. The summed E-state index contributed by atoms with van der Waals surface area (Å²) in [7, 11) is 0. The summed E-state index contributed by atoms with van der Waals surface area (Å²) in [6.45, 7) is 3.88. The minimum absolute atomic E-state index is 0.107. The van der Waals surface area contributed by atoms with E-state index in [2.05, 4.69) is 4.98 Å². The molecule has 78 valence electrons. The molecule has 0 amide bonds. The number of nitrogens with zero attached hydrogens (tertiary/aromatic N) is 2. The smallest absolute Gasteiger partial charge is 0.354 e. The summed E-state index contributed by atoms with van der Waals surface area (Å²) in [6.07, 6.45) is 1.72. The topological polar surface area (TPSA) is 54.6 Å². The van der Waals surface area contributed by atoms with Gasteiger partial charge in [-0.2, -0.15) is 0 Å². The van der Waals surface area contributed by atoms with Gasteiger partial charge >= 0.3 is 5.97 Å². The van der Waals surface area contributed by atoms with Crippen molar-refractivity contribution in [1.82, 2.24) is 9.38 Å². The molecule has 15 heavy (non-hydrogen) atoms. The van der Waals surface area contributed by atoms with E-state index in [0.717, 1.165) is 0 Å². The van der Waals surface area contributed by atoms with Gasteiger partial charge in [-0.25, -0.2) is 9.78 Å². The molecule has 0 saturated carbocycles. The Bertz CT molecular complexity index is 514. The molecule has 4 nitrogen and oxygen atoms in total. The van der Waals surface area contributed by atoms with Crippen LogP contribution in [0, 0.1) is 0 Å². The zero-order chi connectivity index (χ0) is 11.0. The van der Waals surface area contributed by atoms with Gasteiger partial charge in [0.05, 0.1) is 5.69 Å². The van der Waals surface area contributed by atoms with E-state index in [0.29, 0.717) is 11.3 Å². The molecule has 2 heterocycles. The van der Waals surface area contributed by atoms with Crippen LogP contribution in [0.4, 0.5) is 0 Å². The summed E-state index contributed by atoms with van der Waals surface area (Å²) in [5.74, 6) is -0.826. The fourth-order valence-corrected chi connectivity index (χ4v) is 1.63. The molecular formula is C11H12N2O2. The first kappa shape index (κ1) is 9.71. The van der Waals surface area contributed by atoms with Crippen molar-refractivity contribution in [3.63, 3.8) is 0 Å². The lowest BCUT2D eigenvalue weighted by molar-refractivity contribution is 0.0687. The van der Waals surface area contributed by atoms with E-state index in [-0.39, 0.29) is 11.6 Å². The van der Waals surface area contributed by atoms with Crippen molar-refractivity contribution in [2.75, 3.05) is 0 Å². The highest BCUT2D eigenvalue weighted by Gasteiger charge is 2.19. The van der Waals surface area contributed by atoms with Crippen LogP contribution >= 0.6 is 0 Å². The molecule has 4 heteroatoms. The van der Waals surface area contributed by atoms with Gasteiger partial charge in [0.15, 0.2) is 5.69 Å². The minimum Gasteiger partial charge on any atom is -0.477 e. The van der Waals surface area contributed by atoms with Crippen LogP contribution in [0.1, 0.15) is 35.9 Å². The zero-order valence-electron chi connectivity index (χ0n) is 8.64. The normalized spacial score (nSPS) is 11.1. The molecule has 2 rings (SSSR count). The maximum Gasteiger partial charge on any atom is 0.354 e. The number of rotatable bonds is 2. The van der Waals surface area contributed by atoms with Gasteiger partial charge in [-0.3, -0.25) is 4.40 Å². The SMILES string of the molecule is CC(C)c1nc2ccccn2c1C(=O)O. The number of hydrogen-bond donors (Lipinski definition) is 1. The van der Waals surface area contributed by atoms with E-state index < -0.39 is 5.97 Å². The molecule has 0 aliphatic carbocycles. The fourth-order valence-electron chi connectivity index (χ4n) is 1.63. The first-order chi connectivity index (χ1) is 7.11. The van der Waals surface area contributed by atoms with Crippen LogP contribution in [0.25, 0.3) is 5.65 Å². The third-order valence-electron chi connectivity index (χ3n) is 2.31. The Balaban J connectivity index is 2.80. The number of carboxylic acid groups (broad SMARTS) is 1. The minimum atomic E-state index is -0.933. The van der Waals surface area contributed by atoms with E-state index in [1.807, 2.05) is 19.9 Å². The standard InChI is InChI=1S/C11H12N2O2/c1-7(2)9-10(11(14)15)13-6-4-3-5-8(13)12-9/h3-7H,1-2H3,(H,14,15). The van der Waals surface area contributed by atoms with Crippen molar-refractivity contribution in [3.8, 4) is 0 Å². The van der Waals surface area contributed by atoms with E-state index >= 15 is 0 Å². The maximum atomic E-state index is 11.1. The number of aromatic nitrogens is 2. The molecule has 0 fully saturated rings. The Morgan fingerprint density at radius 3 is 2.80 bits per heavy atom. The average Bonchev–Trinajstić information content (AvgIpc) is 2.56. The summed E-state index contributed by atoms with van der Waals surface area (Å²) >= 11 is 0. The Kier molecular flexibility index (Phi) is 2.19. The lowest BCUT2D eigenvalue weighted by Crippen LogP contribution is -2.06. The van der Waals surface area contributed by atoms with Gasteiger partial charge in [-0.1, -0.05) is 19.9 Å². The number of carbonyl (C=O) groups is 1. The lowest BCUT2D eigenvalue weighted by atomic mass is 10.1. The second-order valence-electron chi connectivity index (χ2n) is 3.73. The average molecular weight is 204 g/mol. The third-order valence-corrected chi connectivity index (χ3v) is 2.31. The molecule has 0 saturated heterocycles. The van der Waals surface area contributed by atoms with Gasteiger partial charge in [0, 0.05) is 6.20 Å². The lowest BCUT2D eigenvalue weighted by Gasteiger charge is -2.01. The number of fused-ring (bicyclic) bond motifs is 1. The molecule has 1 N–H and O–H groups in total. The molecule has 0 radical (unpaired) electrons. The maximum absolute atomic E-state index is 11.1.